The van der Waals surface area contributed by atoms with Gasteiger partial charge in [-0.25, -0.2) is 9.59 Å². The van der Waals surface area contributed by atoms with Crippen molar-refractivity contribution < 1.29 is 19.1 Å². The molecule has 1 aromatic rings. The summed E-state index contributed by atoms with van der Waals surface area (Å²) in [6.07, 6.45) is 5.23. The van der Waals surface area contributed by atoms with Gasteiger partial charge in [-0.2, -0.15) is 0 Å². The summed E-state index contributed by atoms with van der Waals surface area (Å²) < 4.78 is 4.91. The van der Waals surface area contributed by atoms with Crippen molar-refractivity contribution in [2.75, 3.05) is 6.54 Å². The lowest BCUT2D eigenvalue weighted by Crippen LogP contribution is -2.59. The Morgan fingerprint density at radius 3 is 2.95 bits per heavy atom. The van der Waals surface area contributed by atoms with Crippen molar-refractivity contribution in [3.8, 4) is 0 Å². The smallest absolute Gasteiger partial charge is 0.329 e. The van der Waals surface area contributed by atoms with Crippen LogP contribution in [0.3, 0.4) is 0 Å². The molecule has 2 rings (SSSR count). The average molecular weight is 266 g/mol. The van der Waals surface area contributed by atoms with Gasteiger partial charge in [0.2, 0.25) is 0 Å². The number of hydrogen-bond acceptors (Lipinski definition) is 3. The first-order valence-corrected chi connectivity index (χ1v) is 6.34. The van der Waals surface area contributed by atoms with Gasteiger partial charge in [0, 0.05) is 18.7 Å². The van der Waals surface area contributed by atoms with Crippen LogP contribution >= 0.6 is 0 Å². The van der Waals surface area contributed by atoms with E-state index in [9.17, 15) is 14.7 Å². The Morgan fingerprint density at radius 1 is 1.53 bits per heavy atom. The minimum atomic E-state index is -1.11. The number of urea groups is 1. The molecule has 1 fully saturated rings. The molecular formula is C13H18N2O4. The number of carboxylic acid groups (broad SMARTS) is 1. The van der Waals surface area contributed by atoms with Crippen molar-refractivity contribution >= 4 is 12.0 Å². The molecule has 104 valence electrons. The minimum Gasteiger partial charge on any atom is -0.480 e. The fourth-order valence-corrected chi connectivity index (χ4v) is 2.34. The van der Waals surface area contributed by atoms with E-state index in [1.165, 1.54) is 11.2 Å². The van der Waals surface area contributed by atoms with E-state index >= 15 is 0 Å². The molecule has 0 radical (unpaired) electrons. The van der Waals surface area contributed by atoms with Gasteiger partial charge in [-0.1, -0.05) is 0 Å². The molecule has 0 aromatic carbocycles. The number of carboxylic acids is 1. The van der Waals surface area contributed by atoms with E-state index in [-0.39, 0.29) is 6.03 Å². The number of likely N-dealkylation sites (tertiary alicyclic amines) is 1. The number of amides is 2. The molecule has 1 saturated heterocycles. The first-order valence-electron chi connectivity index (χ1n) is 6.34. The molecule has 1 aliphatic rings. The van der Waals surface area contributed by atoms with Crippen LogP contribution in [0.4, 0.5) is 4.79 Å². The predicted octanol–water partition coefficient (Wildman–Crippen LogP) is 1.82. The third kappa shape index (κ3) is 2.72. The Bertz CT molecular complexity index is 457. The van der Waals surface area contributed by atoms with Crippen LogP contribution in [0.2, 0.25) is 0 Å². The van der Waals surface area contributed by atoms with E-state index in [4.69, 9.17) is 4.42 Å². The molecule has 0 aliphatic carbocycles. The Hall–Kier alpha value is -1.98. The van der Waals surface area contributed by atoms with Crippen LogP contribution in [-0.4, -0.2) is 34.1 Å². The zero-order chi connectivity index (χ0) is 13.9. The molecule has 2 amide bonds. The topological polar surface area (TPSA) is 82.8 Å². The Morgan fingerprint density at radius 2 is 2.32 bits per heavy atom. The number of hydrogen-bond donors (Lipinski definition) is 2. The molecule has 2 heterocycles. The van der Waals surface area contributed by atoms with Crippen LogP contribution in [0.25, 0.3) is 0 Å². The first kappa shape index (κ1) is 13.5. The van der Waals surface area contributed by atoms with Gasteiger partial charge in [-0.05, 0) is 32.3 Å². The molecule has 0 spiro atoms. The van der Waals surface area contributed by atoms with Crippen LogP contribution in [-0.2, 0) is 11.3 Å². The quantitative estimate of drug-likeness (QED) is 0.874. The van der Waals surface area contributed by atoms with E-state index in [2.05, 4.69) is 5.32 Å². The highest BCUT2D eigenvalue weighted by atomic mass is 16.4. The molecular weight excluding hydrogens is 248 g/mol. The van der Waals surface area contributed by atoms with Crippen LogP contribution in [0, 0.1) is 0 Å². The highest BCUT2D eigenvalue weighted by Crippen LogP contribution is 2.28. The van der Waals surface area contributed by atoms with Crippen molar-refractivity contribution in [2.45, 2.75) is 38.3 Å². The number of nitrogens with one attached hydrogen (secondary N) is 1. The minimum absolute atomic E-state index is 0.335. The number of carbonyl (C=O) groups excluding carboxylic acids is 1. The van der Waals surface area contributed by atoms with E-state index < -0.39 is 11.5 Å². The van der Waals surface area contributed by atoms with Gasteiger partial charge in [0.1, 0.15) is 5.54 Å². The van der Waals surface area contributed by atoms with Gasteiger partial charge in [0.05, 0.1) is 12.5 Å². The lowest BCUT2D eigenvalue weighted by atomic mass is 9.89. The molecule has 0 saturated carbocycles. The molecule has 6 heteroatoms. The van der Waals surface area contributed by atoms with Gasteiger partial charge in [0.15, 0.2) is 0 Å². The van der Waals surface area contributed by atoms with E-state index in [1.54, 1.807) is 19.3 Å². The molecule has 6 nitrogen and oxygen atoms in total. The molecule has 1 unspecified atom stereocenters. The van der Waals surface area contributed by atoms with Gasteiger partial charge < -0.3 is 19.7 Å². The van der Waals surface area contributed by atoms with Crippen molar-refractivity contribution in [1.29, 1.82) is 0 Å². The van der Waals surface area contributed by atoms with Gasteiger partial charge in [0.25, 0.3) is 0 Å². The van der Waals surface area contributed by atoms with E-state index in [1.807, 2.05) is 0 Å². The van der Waals surface area contributed by atoms with Crippen LogP contribution in [0.1, 0.15) is 31.7 Å². The zero-order valence-corrected chi connectivity index (χ0v) is 10.9. The summed E-state index contributed by atoms with van der Waals surface area (Å²) in [6, 6.07) is 1.41. The SMILES string of the molecule is CC1(C(=O)O)CCCCN1C(=O)NCc1ccoc1. The monoisotopic (exact) mass is 266 g/mol. The zero-order valence-electron chi connectivity index (χ0n) is 10.9. The maximum Gasteiger partial charge on any atom is 0.329 e. The Labute approximate surface area is 111 Å². The second-order valence-corrected chi connectivity index (χ2v) is 4.98. The van der Waals surface area contributed by atoms with Crippen LogP contribution in [0.15, 0.2) is 23.0 Å². The predicted molar refractivity (Wildman–Crippen MR) is 67.5 cm³/mol. The van der Waals surface area contributed by atoms with Crippen molar-refractivity contribution in [3.05, 3.63) is 24.2 Å². The van der Waals surface area contributed by atoms with Crippen molar-refractivity contribution in [3.63, 3.8) is 0 Å². The number of piperidine rings is 1. The first-order chi connectivity index (χ1) is 9.04. The number of carbonyl (C=O) groups is 2. The number of aliphatic carboxylic acids is 1. The highest BCUT2D eigenvalue weighted by molar-refractivity contribution is 5.86. The third-order valence-corrected chi connectivity index (χ3v) is 3.62. The lowest BCUT2D eigenvalue weighted by molar-refractivity contribution is -0.150. The molecule has 0 bridgehead atoms. The summed E-state index contributed by atoms with van der Waals surface area (Å²) in [6.45, 7) is 2.41. The summed E-state index contributed by atoms with van der Waals surface area (Å²) in [5.41, 5.74) is -0.263. The lowest BCUT2D eigenvalue weighted by Gasteiger charge is -2.41. The number of nitrogens with zero attached hydrogens (tertiary/aromatic N) is 1. The number of furan rings is 1. The van der Waals surface area contributed by atoms with Gasteiger partial charge in [-0.3, -0.25) is 0 Å². The molecule has 1 atom stereocenters. The fourth-order valence-electron chi connectivity index (χ4n) is 2.34. The maximum absolute atomic E-state index is 12.1. The Kier molecular flexibility index (Phi) is 3.78. The average Bonchev–Trinajstić information content (AvgIpc) is 2.89. The van der Waals surface area contributed by atoms with Crippen LogP contribution < -0.4 is 5.32 Å². The summed E-state index contributed by atoms with van der Waals surface area (Å²) in [4.78, 5) is 24.9. The van der Waals surface area contributed by atoms with Crippen molar-refractivity contribution in [1.82, 2.24) is 10.2 Å². The standard InChI is InChI=1S/C13H18N2O4/c1-13(11(16)17)5-2-3-6-15(13)12(18)14-8-10-4-7-19-9-10/h4,7,9H,2-3,5-6,8H2,1H3,(H,14,18)(H,16,17). The number of rotatable bonds is 3. The van der Waals surface area contributed by atoms with Gasteiger partial charge in [-0.15, -0.1) is 0 Å². The van der Waals surface area contributed by atoms with Crippen LogP contribution in [0.5, 0.6) is 0 Å². The third-order valence-electron chi connectivity index (χ3n) is 3.62. The largest absolute Gasteiger partial charge is 0.480 e. The second-order valence-electron chi connectivity index (χ2n) is 4.98. The summed E-state index contributed by atoms with van der Waals surface area (Å²) in [5.74, 6) is -0.953. The molecule has 1 aliphatic heterocycles. The highest BCUT2D eigenvalue weighted by Gasteiger charge is 2.43. The molecule has 1 aromatic heterocycles. The Balaban J connectivity index is 2.01. The van der Waals surface area contributed by atoms with E-state index in [0.717, 1.165) is 18.4 Å². The fraction of sp³-hybridized carbons (Fsp3) is 0.538. The summed E-state index contributed by atoms with van der Waals surface area (Å²) in [7, 11) is 0. The van der Waals surface area contributed by atoms with E-state index in [0.29, 0.717) is 19.5 Å². The second kappa shape index (κ2) is 5.34. The summed E-state index contributed by atoms with van der Waals surface area (Å²) in [5, 5.41) is 12.1. The molecule has 2 N–H and O–H groups in total. The van der Waals surface area contributed by atoms with Crippen molar-refractivity contribution in [2.24, 2.45) is 0 Å². The summed E-state index contributed by atoms with van der Waals surface area (Å²) >= 11 is 0. The van der Waals surface area contributed by atoms with Gasteiger partial charge >= 0.3 is 12.0 Å². The maximum atomic E-state index is 12.1. The molecule has 19 heavy (non-hydrogen) atoms. The normalized spacial score (nSPS) is 23.1.